The number of rotatable bonds is 4. The van der Waals surface area contributed by atoms with E-state index >= 15 is 0 Å². The van der Waals surface area contributed by atoms with E-state index in [0.717, 1.165) is 18.3 Å². The molecule has 1 heterocycles. The van der Waals surface area contributed by atoms with Crippen LogP contribution in [0.2, 0.25) is 0 Å². The van der Waals surface area contributed by atoms with E-state index in [0.29, 0.717) is 0 Å². The van der Waals surface area contributed by atoms with Crippen molar-refractivity contribution in [3.63, 3.8) is 0 Å². The first-order chi connectivity index (χ1) is 12.0. The summed E-state index contributed by atoms with van der Waals surface area (Å²) in [4.78, 5) is 0. The van der Waals surface area contributed by atoms with Crippen LogP contribution in [0, 0.1) is 3.80 Å². The predicted octanol–water partition coefficient (Wildman–Crippen LogP) is 5.28. The Balaban J connectivity index is 0.000000212. The van der Waals surface area contributed by atoms with E-state index in [9.17, 15) is 0 Å². The van der Waals surface area contributed by atoms with Crippen molar-refractivity contribution in [2.75, 3.05) is 7.11 Å². The normalized spacial score (nSPS) is 15.0. The van der Waals surface area contributed by atoms with Crippen LogP contribution in [0.3, 0.4) is 0 Å². The molecule has 0 aliphatic heterocycles. The molecule has 1 aliphatic carbocycles. The molecular formula is C18H25I2N3OPt. The van der Waals surface area contributed by atoms with Crippen molar-refractivity contribution >= 4 is 45.7 Å². The minimum Gasteiger partial charge on any atom is -0.185 e. The standard InChI is InChI=1S/C12H14N2O.C6H11I2N.Pt/c1-13-6-7-14(10-13)9-11-4-3-5-12(8-11)15-2;7-9(8)6-4-2-1-3-5-6;/h3-8H,9H2,1-2H3;6H,1-5H2;. The first-order valence-corrected chi connectivity index (χ1v) is 11.5. The minimum absolute atomic E-state index is 0.861. The average molecular weight is 748 g/mol. The summed E-state index contributed by atoms with van der Waals surface area (Å²) < 4.78 is 13.0. The number of aryl methyl sites for hydroxylation is 1. The van der Waals surface area contributed by atoms with Crippen molar-refractivity contribution in [1.82, 2.24) is 10.5 Å². The molecule has 0 N–H and O–H groups in total. The van der Waals surface area contributed by atoms with Gasteiger partial charge in [0.1, 0.15) is 0 Å². The van der Waals surface area contributed by atoms with Crippen LogP contribution in [0.15, 0.2) is 36.7 Å². The molecule has 0 saturated heterocycles. The maximum Gasteiger partial charge on any atom is 0.0311 e. The molecule has 1 aliphatic rings. The monoisotopic (exact) mass is 748 g/mol. The Morgan fingerprint density at radius 2 is 1.92 bits per heavy atom. The molecule has 142 valence electrons. The number of nitrogens with zero attached hydrogens (tertiary/aromatic N) is 3. The van der Waals surface area contributed by atoms with Gasteiger partial charge in [0.05, 0.1) is 0 Å². The minimum atomic E-state index is 0.861. The van der Waals surface area contributed by atoms with Gasteiger partial charge in [-0.2, -0.15) is 1.33 Å². The van der Waals surface area contributed by atoms with Crippen molar-refractivity contribution in [3.8, 4) is 5.75 Å². The van der Waals surface area contributed by atoms with E-state index in [4.69, 9.17) is 4.74 Å². The Kier molecular flexibility index (Phi) is 9.73. The van der Waals surface area contributed by atoms with Crippen LogP contribution < -0.4 is 4.74 Å². The number of halogens is 2. The largest absolute Gasteiger partial charge is 0.185 e. The third-order valence-electron chi connectivity index (χ3n) is 4.30. The predicted molar refractivity (Wildman–Crippen MR) is 115 cm³/mol. The molecule has 1 fully saturated rings. The van der Waals surface area contributed by atoms with E-state index in [-0.39, 0.29) is 0 Å². The number of hydrogen-bond donors (Lipinski definition) is 0. The van der Waals surface area contributed by atoms with Gasteiger partial charge in [0.15, 0.2) is 0 Å². The van der Waals surface area contributed by atoms with Gasteiger partial charge < -0.3 is 0 Å². The van der Waals surface area contributed by atoms with Crippen molar-refractivity contribution in [2.45, 2.75) is 44.7 Å². The zero-order chi connectivity index (χ0) is 18.2. The zero-order valence-electron chi connectivity index (χ0n) is 14.6. The van der Waals surface area contributed by atoms with Gasteiger partial charge in [0, 0.05) is 51.8 Å². The summed E-state index contributed by atoms with van der Waals surface area (Å²) in [6.45, 7) is 0.872. The van der Waals surface area contributed by atoms with E-state index in [1.54, 1.807) is 7.11 Å². The zero-order valence-corrected chi connectivity index (χ0v) is 21.2. The maximum absolute atomic E-state index is 5.21. The van der Waals surface area contributed by atoms with Gasteiger partial charge in [0.2, 0.25) is 0 Å². The van der Waals surface area contributed by atoms with Gasteiger partial charge >= 0.3 is 106 Å². The van der Waals surface area contributed by atoms with Crippen LogP contribution in [0.4, 0.5) is 0 Å². The molecule has 0 radical (unpaired) electrons. The second-order valence-electron chi connectivity index (χ2n) is 6.18. The summed E-state index contributed by atoms with van der Waals surface area (Å²) in [6.07, 6.45) is 11.3. The molecule has 25 heavy (non-hydrogen) atoms. The van der Waals surface area contributed by atoms with Gasteiger partial charge in [-0.05, 0) is 12.8 Å². The second kappa shape index (κ2) is 11.2. The summed E-state index contributed by atoms with van der Waals surface area (Å²) in [5.74, 6) is 0.907. The van der Waals surface area contributed by atoms with Crippen LogP contribution in [-0.2, 0) is 32.9 Å². The Morgan fingerprint density at radius 3 is 2.44 bits per heavy atom. The Labute approximate surface area is 189 Å². The van der Waals surface area contributed by atoms with Crippen LogP contribution in [0.1, 0.15) is 37.7 Å². The van der Waals surface area contributed by atoms with Crippen LogP contribution in [-0.4, -0.2) is 23.6 Å². The molecule has 0 spiro atoms. The fraction of sp³-hybridized carbons (Fsp3) is 0.500. The number of benzene rings is 1. The number of methoxy groups -OCH3 is 1. The topological polar surface area (TPSA) is 22.3 Å². The first-order valence-electron chi connectivity index (χ1n) is 8.42. The Hall–Kier alpha value is 0.338. The van der Waals surface area contributed by atoms with Gasteiger partial charge in [-0.25, -0.2) is 0 Å². The third kappa shape index (κ3) is 7.11. The number of hydrogen-bond acceptors (Lipinski definition) is 2. The van der Waals surface area contributed by atoms with E-state index < -0.39 is 0 Å². The quantitative estimate of drug-likeness (QED) is 0.314. The summed E-state index contributed by atoms with van der Waals surface area (Å²) in [5.41, 5.74) is 1.24. The van der Waals surface area contributed by atoms with Crippen molar-refractivity contribution in [2.24, 2.45) is 7.05 Å². The number of ether oxygens (including phenoxy) is 1. The van der Waals surface area contributed by atoms with E-state index in [1.165, 1.54) is 41.5 Å². The molecule has 3 rings (SSSR count). The molecule has 0 amide bonds. The van der Waals surface area contributed by atoms with E-state index in [1.807, 2.05) is 19.2 Å². The summed E-state index contributed by atoms with van der Waals surface area (Å²) in [7, 11) is 3.74. The van der Waals surface area contributed by atoms with Crippen LogP contribution in [0.25, 0.3) is 0 Å². The fourth-order valence-corrected chi connectivity index (χ4v) is 4.49. The van der Waals surface area contributed by atoms with Crippen molar-refractivity contribution < 1.29 is 24.1 Å². The first kappa shape index (κ1) is 21.6. The van der Waals surface area contributed by atoms with Gasteiger partial charge in [-0.3, -0.25) is 0 Å². The molecule has 1 saturated carbocycles. The van der Waals surface area contributed by atoms with Crippen molar-refractivity contribution in [1.29, 1.82) is 0 Å². The van der Waals surface area contributed by atoms with Crippen molar-refractivity contribution in [3.05, 3.63) is 46.0 Å². The molecule has 1 aromatic carbocycles. The fourth-order valence-electron chi connectivity index (χ4n) is 2.85. The van der Waals surface area contributed by atoms with E-state index in [2.05, 4.69) is 100 Å². The smallest absolute Gasteiger partial charge is 0.0311 e. The molecule has 2 aromatic rings. The summed E-state index contributed by atoms with van der Waals surface area (Å²) in [5, 5.41) is 0. The van der Waals surface area contributed by atoms with Crippen LogP contribution >= 0.6 is 45.7 Å². The van der Waals surface area contributed by atoms with Crippen LogP contribution in [0.5, 0.6) is 5.75 Å². The molecule has 0 atom stereocenters. The summed E-state index contributed by atoms with van der Waals surface area (Å²) >= 11 is 7.09. The molecule has 1 aromatic heterocycles. The molecule has 7 heteroatoms. The van der Waals surface area contributed by atoms with Gasteiger partial charge in [-0.1, -0.05) is 19.3 Å². The molecule has 0 bridgehead atoms. The van der Waals surface area contributed by atoms with Gasteiger partial charge in [0.25, 0.3) is 0 Å². The van der Waals surface area contributed by atoms with Gasteiger partial charge in [-0.15, -0.1) is 0 Å². The maximum atomic E-state index is 5.21. The molecule has 4 nitrogen and oxygen atoms in total. The SMILES string of the molecule is COc1cccc(Cn2ccn(C)[c]2=[Pt])c1.IN(I)C1CCCCC1. The molecular weight excluding hydrogens is 723 g/mol. The summed E-state index contributed by atoms with van der Waals surface area (Å²) in [6, 6.07) is 9.02. The molecule has 0 unspecified atom stereocenters. The number of aromatic nitrogens is 2. The average Bonchev–Trinajstić information content (AvgIpc) is 2.95. The Bertz CT molecular complexity index is 708. The Morgan fingerprint density at radius 1 is 1.20 bits per heavy atom. The third-order valence-corrected chi connectivity index (χ3v) is 7.33. The second-order valence-corrected chi connectivity index (χ2v) is 11.1. The number of imidazole rings is 1.